The SMILES string of the molecule is N=C(N)c1ccc(C[C@@H](C(=O)N[C@@H](CCC(=O)O)C(=O)N[C@@H](CCCN=C(N)N)C(=O)N[C@@H](CC2CCCCC2)C(N)=O)c2ccc3ccccc3c2)cc1. The van der Waals surface area contributed by atoms with Crippen LogP contribution >= 0.6 is 0 Å². The second-order valence-corrected chi connectivity index (χ2v) is 14.2. The zero-order chi connectivity index (χ0) is 39.9. The van der Waals surface area contributed by atoms with E-state index in [0.717, 1.165) is 48.4 Å². The smallest absolute Gasteiger partial charge is 0.303 e. The van der Waals surface area contributed by atoms with Gasteiger partial charge in [-0.05, 0) is 59.9 Å². The molecule has 1 aliphatic carbocycles. The molecule has 4 atom stereocenters. The van der Waals surface area contributed by atoms with E-state index in [-0.39, 0.29) is 49.9 Å². The molecular formula is C40H53N9O6. The molecule has 4 rings (SSSR count). The molecule has 0 bridgehead atoms. The first kappa shape index (κ1) is 41.8. The Morgan fingerprint density at radius 3 is 2.00 bits per heavy atom. The number of primary amides is 1. The van der Waals surface area contributed by atoms with Gasteiger partial charge in [0.25, 0.3) is 0 Å². The number of amidine groups is 1. The summed E-state index contributed by atoms with van der Waals surface area (Å²) >= 11 is 0. The van der Waals surface area contributed by atoms with Gasteiger partial charge in [-0.1, -0.05) is 98.8 Å². The Balaban J connectivity index is 1.59. The Hall–Kier alpha value is -5.99. The summed E-state index contributed by atoms with van der Waals surface area (Å²) in [5, 5.41) is 27.4. The van der Waals surface area contributed by atoms with Crippen LogP contribution in [0, 0.1) is 11.3 Å². The number of aliphatic imine (C=N–C) groups is 1. The molecule has 0 radical (unpaired) electrons. The predicted molar refractivity (Wildman–Crippen MR) is 211 cm³/mol. The average molecular weight is 756 g/mol. The van der Waals surface area contributed by atoms with E-state index >= 15 is 0 Å². The average Bonchev–Trinajstić information content (AvgIpc) is 3.16. The van der Waals surface area contributed by atoms with E-state index in [0.29, 0.717) is 17.5 Å². The lowest BCUT2D eigenvalue weighted by molar-refractivity contribution is -0.138. The molecule has 0 spiro atoms. The molecule has 1 aliphatic rings. The summed E-state index contributed by atoms with van der Waals surface area (Å²) in [6, 6.07) is 16.7. The van der Waals surface area contributed by atoms with Gasteiger partial charge in [0.15, 0.2) is 5.96 Å². The molecule has 0 aliphatic heterocycles. The van der Waals surface area contributed by atoms with Crippen molar-refractivity contribution in [1.82, 2.24) is 16.0 Å². The molecule has 0 saturated heterocycles. The lowest BCUT2D eigenvalue weighted by atomic mass is 9.84. The standard InChI is InChI=1S/C40H53N9O6/c41-35(42)27-14-12-25(13-15-27)21-30(29-17-16-26-9-4-5-10-28(26)23-29)37(53)47-32(18-19-34(50)51)39(55)48-31(11-6-20-46-40(44)45)38(54)49-33(36(43)52)22-24-7-2-1-3-8-24/h4-5,9-10,12-17,23-24,30-33H,1-3,6-8,11,18-22H2,(H3,41,42)(H2,43,52)(H,47,53)(H,48,55)(H,49,54)(H,50,51)(H4,44,45,46)/t30-,31+,32+,33+/m1/s1. The van der Waals surface area contributed by atoms with Crippen molar-refractivity contribution in [1.29, 1.82) is 5.41 Å². The van der Waals surface area contributed by atoms with E-state index in [2.05, 4.69) is 20.9 Å². The number of carbonyl (C=O) groups excluding carboxylic acids is 4. The molecule has 3 aromatic carbocycles. The third-order valence-corrected chi connectivity index (χ3v) is 10.0. The van der Waals surface area contributed by atoms with Crippen LogP contribution in [-0.2, 0) is 30.4 Å². The summed E-state index contributed by atoms with van der Waals surface area (Å²) in [7, 11) is 0. The van der Waals surface area contributed by atoms with Crippen LogP contribution in [0.25, 0.3) is 10.8 Å². The molecule has 0 aromatic heterocycles. The third kappa shape index (κ3) is 13.1. The summed E-state index contributed by atoms with van der Waals surface area (Å²) in [5.41, 5.74) is 24.2. The van der Waals surface area contributed by atoms with Gasteiger partial charge in [0.2, 0.25) is 23.6 Å². The van der Waals surface area contributed by atoms with Crippen LogP contribution in [0.1, 0.15) is 86.8 Å². The molecule has 0 unspecified atom stereocenters. The normalized spacial score (nSPS) is 15.1. The van der Waals surface area contributed by atoms with Crippen LogP contribution in [0.5, 0.6) is 0 Å². The Morgan fingerprint density at radius 2 is 1.38 bits per heavy atom. The van der Waals surface area contributed by atoms with Crippen LogP contribution in [0.15, 0.2) is 71.7 Å². The van der Waals surface area contributed by atoms with Gasteiger partial charge >= 0.3 is 5.97 Å². The van der Waals surface area contributed by atoms with E-state index in [9.17, 15) is 29.1 Å². The molecule has 1 saturated carbocycles. The van der Waals surface area contributed by atoms with Gasteiger partial charge in [0.05, 0.1) is 5.92 Å². The minimum Gasteiger partial charge on any atom is -0.481 e. The number of guanidine groups is 1. The van der Waals surface area contributed by atoms with Crippen molar-refractivity contribution in [3.05, 3.63) is 83.4 Å². The van der Waals surface area contributed by atoms with E-state index in [1.54, 1.807) is 24.3 Å². The number of nitrogen functional groups attached to an aromatic ring is 1. The fourth-order valence-electron chi connectivity index (χ4n) is 6.97. The van der Waals surface area contributed by atoms with Crippen LogP contribution in [0.2, 0.25) is 0 Å². The quantitative estimate of drug-likeness (QED) is 0.0464. The zero-order valence-electron chi connectivity index (χ0n) is 31.0. The largest absolute Gasteiger partial charge is 0.481 e. The van der Waals surface area contributed by atoms with Gasteiger partial charge in [-0.25, -0.2) is 0 Å². The molecule has 0 heterocycles. The van der Waals surface area contributed by atoms with Gasteiger partial charge in [0.1, 0.15) is 24.0 Å². The number of benzene rings is 3. The van der Waals surface area contributed by atoms with Gasteiger partial charge in [0, 0.05) is 18.5 Å². The van der Waals surface area contributed by atoms with E-state index in [1.807, 2.05) is 42.5 Å². The lowest BCUT2D eigenvalue weighted by Gasteiger charge is -2.28. The number of amides is 4. The van der Waals surface area contributed by atoms with Crippen LogP contribution in [0.3, 0.4) is 0 Å². The lowest BCUT2D eigenvalue weighted by Crippen LogP contribution is -2.57. The van der Waals surface area contributed by atoms with Crippen molar-refractivity contribution in [3.63, 3.8) is 0 Å². The van der Waals surface area contributed by atoms with Gasteiger partial charge < -0.3 is 44.0 Å². The number of nitrogens with two attached hydrogens (primary N) is 4. The summed E-state index contributed by atoms with van der Waals surface area (Å²) < 4.78 is 0. The Kier molecular flexibility index (Phi) is 15.5. The van der Waals surface area contributed by atoms with Crippen molar-refractivity contribution in [2.75, 3.05) is 6.54 Å². The summed E-state index contributed by atoms with van der Waals surface area (Å²) in [5.74, 6) is -4.66. The van der Waals surface area contributed by atoms with Crippen molar-refractivity contribution < 1.29 is 29.1 Å². The molecule has 1 fully saturated rings. The van der Waals surface area contributed by atoms with Crippen LogP contribution in [0.4, 0.5) is 0 Å². The number of nitrogens with one attached hydrogen (secondary N) is 4. The van der Waals surface area contributed by atoms with Crippen molar-refractivity contribution in [2.24, 2.45) is 33.8 Å². The number of fused-ring (bicyclic) bond motifs is 1. The fourth-order valence-corrected chi connectivity index (χ4v) is 6.97. The molecule has 55 heavy (non-hydrogen) atoms. The Morgan fingerprint density at radius 1 is 0.764 bits per heavy atom. The van der Waals surface area contributed by atoms with Gasteiger partial charge in [-0.2, -0.15) is 0 Å². The number of carboxylic acid groups (broad SMARTS) is 1. The van der Waals surface area contributed by atoms with E-state index < -0.39 is 60.1 Å². The highest BCUT2D eigenvalue weighted by Gasteiger charge is 2.32. The number of aliphatic carboxylic acids is 1. The molecule has 15 nitrogen and oxygen atoms in total. The maximum atomic E-state index is 14.3. The second-order valence-electron chi connectivity index (χ2n) is 14.2. The second kappa shape index (κ2) is 20.5. The minimum absolute atomic E-state index is 0.0683. The molecule has 15 heteroatoms. The third-order valence-electron chi connectivity index (χ3n) is 10.0. The number of rotatable bonds is 20. The van der Waals surface area contributed by atoms with Crippen molar-refractivity contribution in [3.8, 4) is 0 Å². The van der Waals surface area contributed by atoms with E-state index in [1.165, 1.54) is 0 Å². The summed E-state index contributed by atoms with van der Waals surface area (Å²) in [6.07, 6.45) is 5.25. The molecule has 3 aromatic rings. The molecule has 294 valence electrons. The Bertz CT molecular complexity index is 1860. The topological polar surface area (TPSA) is 282 Å². The molecular weight excluding hydrogens is 702 g/mol. The fraction of sp³-hybridized carbons (Fsp3) is 0.425. The number of hydrogen-bond donors (Lipinski definition) is 9. The first-order valence-corrected chi connectivity index (χ1v) is 18.7. The van der Waals surface area contributed by atoms with Crippen molar-refractivity contribution in [2.45, 2.75) is 94.7 Å². The van der Waals surface area contributed by atoms with Crippen LogP contribution in [-0.4, -0.2) is 71.2 Å². The maximum absolute atomic E-state index is 14.3. The van der Waals surface area contributed by atoms with Crippen molar-refractivity contribution >= 4 is 52.2 Å². The first-order chi connectivity index (χ1) is 26.3. The zero-order valence-corrected chi connectivity index (χ0v) is 31.0. The highest BCUT2D eigenvalue weighted by molar-refractivity contribution is 5.96. The Labute approximate surface area is 320 Å². The molecule has 13 N–H and O–H groups in total. The van der Waals surface area contributed by atoms with E-state index in [4.69, 9.17) is 28.3 Å². The monoisotopic (exact) mass is 755 g/mol. The number of carbonyl (C=O) groups is 5. The van der Waals surface area contributed by atoms with Crippen LogP contribution < -0.4 is 38.9 Å². The number of nitrogens with zero attached hydrogens (tertiary/aromatic N) is 1. The first-order valence-electron chi connectivity index (χ1n) is 18.7. The van der Waals surface area contributed by atoms with Gasteiger partial charge in [-0.3, -0.25) is 34.4 Å². The molecule has 4 amide bonds. The van der Waals surface area contributed by atoms with Gasteiger partial charge in [-0.15, -0.1) is 0 Å². The summed E-state index contributed by atoms with van der Waals surface area (Å²) in [4.78, 5) is 70.1. The predicted octanol–water partition coefficient (Wildman–Crippen LogP) is 2.28. The highest BCUT2D eigenvalue weighted by atomic mass is 16.4. The minimum atomic E-state index is -1.34. The number of hydrogen-bond acceptors (Lipinski definition) is 7. The summed E-state index contributed by atoms with van der Waals surface area (Å²) in [6.45, 7) is 0.156. The highest BCUT2D eigenvalue weighted by Crippen LogP contribution is 2.28. The maximum Gasteiger partial charge on any atom is 0.303 e. The number of carboxylic acids is 1.